The predicted octanol–water partition coefficient (Wildman–Crippen LogP) is 3.25. The van der Waals surface area contributed by atoms with Gasteiger partial charge in [-0.25, -0.2) is 0 Å². The quantitative estimate of drug-likeness (QED) is 0.871. The topological polar surface area (TPSA) is 42.4 Å². The molecule has 2 N–H and O–H groups in total. The fourth-order valence-corrected chi connectivity index (χ4v) is 2.99. The molecular formula is C14H20N2OS. The van der Waals surface area contributed by atoms with Gasteiger partial charge in [-0.1, -0.05) is 6.92 Å². The molecule has 0 aliphatic rings. The molecule has 4 heteroatoms. The van der Waals surface area contributed by atoms with E-state index < -0.39 is 0 Å². The largest absolute Gasteiger partial charge is 0.468 e. The fourth-order valence-electron chi connectivity index (χ4n) is 2.30. The van der Waals surface area contributed by atoms with Crippen molar-refractivity contribution >= 4 is 11.3 Å². The summed E-state index contributed by atoms with van der Waals surface area (Å²) in [5.74, 6) is 0.984. The zero-order chi connectivity index (χ0) is 13.0. The number of likely N-dealkylation sites (N-methyl/N-ethyl adjacent to an activating group) is 1. The summed E-state index contributed by atoms with van der Waals surface area (Å²) in [5, 5.41) is 4.28. The van der Waals surface area contributed by atoms with Gasteiger partial charge in [-0.3, -0.25) is 4.90 Å². The molecule has 0 bridgehead atoms. The molecule has 0 saturated carbocycles. The van der Waals surface area contributed by atoms with Crippen LogP contribution in [-0.2, 0) is 6.54 Å². The molecule has 2 unspecified atom stereocenters. The summed E-state index contributed by atoms with van der Waals surface area (Å²) in [6.45, 7) is 5.96. The van der Waals surface area contributed by atoms with Crippen LogP contribution >= 0.6 is 11.3 Å². The van der Waals surface area contributed by atoms with Gasteiger partial charge in [0.15, 0.2) is 0 Å². The molecular weight excluding hydrogens is 244 g/mol. The summed E-state index contributed by atoms with van der Waals surface area (Å²) in [7, 11) is 0. The second-order valence-electron chi connectivity index (χ2n) is 4.50. The van der Waals surface area contributed by atoms with Crippen LogP contribution in [0.2, 0.25) is 0 Å². The van der Waals surface area contributed by atoms with Crippen LogP contribution in [0.1, 0.15) is 31.2 Å². The van der Waals surface area contributed by atoms with Crippen LogP contribution in [-0.4, -0.2) is 17.5 Å². The van der Waals surface area contributed by atoms with Crippen molar-refractivity contribution in [3.05, 3.63) is 46.5 Å². The number of nitrogens with zero attached hydrogens (tertiary/aromatic N) is 1. The van der Waals surface area contributed by atoms with E-state index in [9.17, 15) is 0 Å². The van der Waals surface area contributed by atoms with E-state index in [1.165, 1.54) is 5.56 Å². The zero-order valence-corrected chi connectivity index (χ0v) is 11.7. The molecule has 0 amide bonds. The van der Waals surface area contributed by atoms with Gasteiger partial charge in [-0.05, 0) is 48.0 Å². The lowest BCUT2D eigenvalue weighted by atomic mass is 10.0. The Morgan fingerprint density at radius 3 is 2.78 bits per heavy atom. The molecule has 0 radical (unpaired) electrons. The number of thiophene rings is 1. The Hall–Kier alpha value is -1.10. The van der Waals surface area contributed by atoms with Crippen LogP contribution in [0, 0.1) is 0 Å². The molecule has 3 nitrogen and oxygen atoms in total. The second kappa shape index (κ2) is 6.18. The van der Waals surface area contributed by atoms with Gasteiger partial charge >= 0.3 is 0 Å². The number of hydrogen-bond acceptors (Lipinski definition) is 4. The third kappa shape index (κ3) is 3.02. The summed E-state index contributed by atoms with van der Waals surface area (Å²) >= 11 is 1.72. The van der Waals surface area contributed by atoms with Gasteiger partial charge < -0.3 is 10.2 Å². The smallest absolute Gasteiger partial charge is 0.117 e. The summed E-state index contributed by atoms with van der Waals surface area (Å²) in [5.41, 5.74) is 7.46. The van der Waals surface area contributed by atoms with Crippen molar-refractivity contribution in [1.29, 1.82) is 0 Å². The van der Waals surface area contributed by atoms with Gasteiger partial charge in [0.05, 0.1) is 18.8 Å². The van der Waals surface area contributed by atoms with E-state index in [1.54, 1.807) is 17.6 Å². The van der Waals surface area contributed by atoms with Crippen molar-refractivity contribution in [3.63, 3.8) is 0 Å². The highest BCUT2D eigenvalue weighted by atomic mass is 32.1. The summed E-state index contributed by atoms with van der Waals surface area (Å²) in [4.78, 5) is 2.35. The molecule has 2 heterocycles. The molecule has 2 aromatic heterocycles. The first-order valence-electron chi connectivity index (χ1n) is 6.26. The third-order valence-corrected chi connectivity index (χ3v) is 3.82. The van der Waals surface area contributed by atoms with Gasteiger partial charge in [-0.2, -0.15) is 11.3 Å². The van der Waals surface area contributed by atoms with E-state index in [0.717, 1.165) is 18.8 Å². The van der Waals surface area contributed by atoms with Crippen molar-refractivity contribution in [3.8, 4) is 0 Å². The van der Waals surface area contributed by atoms with E-state index in [4.69, 9.17) is 10.2 Å². The Bertz CT molecular complexity index is 436. The Morgan fingerprint density at radius 1 is 1.44 bits per heavy atom. The average Bonchev–Trinajstić information content (AvgIpc) is 3.00. The molecule has 18 heavy (non-hydrogen) atoms. The van der Waals surface area contributed by atoms with Crippen molar-refractivity contribution in [2.24, 2.45) is 5.73 Å². The normalized spacial score (nSPS) is 14.9. The summed E-state index contributed by atoms with van der Waals surface area (Å²) < 4.78 is 5.43. The average molecular weight is 264 g/mol. The molecule has 0 saturated heterocycles. The van der Waals surface area contributed by atoms with E-state index in [1.807, 2.05) is 12.1 Å². The molecule has 0 aliphatic heterocycles. The van der Waals surface area contributed by atoms with E-state index in [-0.39, 0.29) is 12.1 Å². The van der Waals surface area contributed by atoms with E-state index in [2.05, 4.69) is 35.6 Å². The van der Waals surface area contributed by atoms with E-state index in [0.29, 0.717) is 0 Å². The third-order valence-electron chi connectivity index (χ3n) is 3.12. The highest BCUT2D eigenvalue weighted by molar-refractivity contribution is 7.07. The van der Waals surface area contributed by atoms with Crippen LogP contribution in [0.15, 0.2) is 39.6 Å². The summed E-state index contributed by atoms with van der Waals surface area (Å²) in [6.07, 6.45) is 1.72. The standard InChI is InChI=1S/C14H20N2OS/c1-3-16(9-13-5-4-7-17-13)14(11(2)15)12-6-8-18-10-12/h4-8,10-11,14H,3,9,15H2,1-2H3. The second-order valence-corrected chi connectivity index (χ2v) is 5.28. The van der Waals surface area contributed by atoms with Crippen LogP contribution in [0.5, 0.6) is 0 Å². The molecule has 0 aliphatic carbocycles. The van der Waals surface area contributed by atoms with Crippen molar-refractivity contribution in [2.75, 3.05) is 6.54 Å². The van der Waals surface area contributed by atoms with E-state index >= 15 is 0 Å². The minimum Gasteiger partial charge on any atom is -0.468 e. The number of furan rings is 1. The van der Waals surface area contributed by atoms with Crippen LogP contribution < -0.4 is 5.73 Å². The van der Waals surface area contributed by atoms with Gasteiger partial charge in [-0.15, -0.1) is 0 Å². The lowest BCUT2D eigenvalue weighted by molar-refractivity contribution is 0.164. The fraction of sp³-hybridized carbons (Fsp3) is 0.429. The first-order chi connectivity index (χ1) is 8.72. The summed E-state index contributed by atoms with van der Waals surface area (Å²) in [6, 6.07) is 6.42. The first kappa shape index (κ1) is 13.3. The maximum atomic E-state index is 6.17. The first-order valence-corrected chi connectivity index (χ1v) is 7.20. The minimum absolute atomic E-state index is 0.0921. The maximum absolute atomic E-state index is 6.17. The zero-order valence-electron chi connectivity index (χ0n) is 10.9. The molecule has 0 aromatic carbocycles. The molecule has 0 fully saturated rings. The minimum atomic E-state index is 0.0921. The van der Waals surface area contributed by atoms with Crippen molar-refractivity contribution in [1.82, 2.24) is 4.90 Å². The molecule has 2 aromatic rings. The molecule has 2 rings (SSSR count). The lowest BCUT2D eigenvalue weighted by Gasteiger charge is -2.32. The van der Waals surface area contributed by atoms with Gasteiger partial charge in [0.2, 0.25) is 0 Å². The van der Waals surface area contributed by atoms with Gasteiger partial charge in [0.1, 0.15) is 5.76 Å². The Morgan fingerprint density at radius 2 is 2.28 bits per heavy atom. The highest BCUT2D eigenvalue weighted by Crippen LogP contribution is 2.27. The number of nitrogens with two attached hydrogens (primary N) is 1. The predicted molar refractivity (Wildman–Crippen MR) is 75.5 cm³/mol. The Balaban J connectivity index is 2.17. The highest BCUT2D eigenvalue weighted by Gasteiger charge is 2.24. The van der Waals surface area contributed by atoms with Gasteiger partial charge in [0.25, 0.3) is 0 Å². The molecule has 2 atom stereocenters. The number of rotatable bonds is 6. The van der Waals surface area contributed by atoms with Crippen molar-refractivity contribution < 1.29 is 4.42 Å². The van der Waals surface area contributed by atoms with Crippen LogP contribution in [0.25, 0.3) is 0 Å². The lowest BCUT2D eigenvalue weighted by Crippen LogP contribution is -2.38. The van der Waals surface area contributed by atoms with Crippen LogP contribution in [0.3, 0.4) is 0 Å². The van der Waals surface area contributed by atoms with Crippen LogP contribution in [0.4, 0.5) is 0 Å². The number of hydrogen-bond donors (Lipinski definition) is 1. The molecule has 98 valence electrons. The van der Waals surface area contributed by atoms with Crippen molar-refractivity contribution in [2.45, 2.75) is 32.5 Å². The maximum Gasteiger partial charge on any atom is 0.117 e. The SMILES string of the molecule is CCN(Cc1ccco1)C(c1ccsc1)C(C)N. The Labute approximate surface area is 112 Å². The Kier molecular flexibility index (Phi) is 4.58. The monoisotopic (exact) mass is 264 g/mol. The molecule has 0 spiro atoms. The van der Waals surface area contributed by atoms with Gasteiger partial charge in [0, 0.05) is 6.04 Å².